The van der Waals surface area contributed by atoms with Crippen molar-refractivity contribution < 1.29 is 51.4 Å². The van der Waals surface area contributed by atoms with Gasteiger partial charge in [0.15, 0.2) is 0 Å². The Morgan fingerprint density at radius 3 is 2.22 bits per heavy atom. The molecule has 0 radical (unpaired) electrons. The smallest absolute Gasteiger partial charge is 0.432 e. The number of nitrogens with two attached hydrogens (primary N) is 1. The van der Waals surface area contributed by atoms with Crippen LogP contribution < -0.4 is 11.4 Å². The molecule has 0 spiro atoms. The fraction of sp³-hybridized carbons (Fsp3) is 0.700. The van der Waals surface area contributed by atoms with E-state index in [1.807, 2.05) is 0 Å². The van der Waals surface area contributed by atoms with Crippen LogP contribution in [0, 0.1) is 0 Å². The highest BCUT2D eigenvalue weighted by molar-refractivity contribution is 7.48. The van der Waals surface area contributed by atoms with E-state index < -0.39 is 70.1 Å². The monoisotopic (exact) mass is 571 g/mol. The first-order valence-corrected chi connectivity index (χ1v) is 13.2. The molecule has 1 aromatic rings. The summed E-state index contributed by atoms with van der Waals surface area (Å²) in [5.41, 5.74) is 3.70. The summed E-state index contributed by atoms with van der Waals surface area (Å²) in [5, 5.41) is 0. The van der Waals surface area contributed by atoms with Crippen molar-refractivity contribution in [3.05, 3.63) is 22.7 Å². The minimum atomic E-state index is -4.52. The van der Waals surface area contributed by atoms with E-state index in [2.05, 4.69) is 14.5 Å². The lowest BCUT2D eigenvalue weighted by Gasteiger charge is -2.28. The zero-order valence-electron chi connectivity index (χ0n) is 20.8. The summed E-state index contributed by atoms with van der Waals surface area (Å²) >= 11 is 6.13. The van der Waals surface area contributed by atoms with Gasteiger partial charge >= 0.3 is 25.8 Å². The van der Waals surface area contributed by atoms with Gasteiger partial charge < -0.3 is 29.4 Å². The molecule has 1 aliphatic rings. The minimum absolute atomic E-state index is 0.0559. The lowest BCUT2D eigenvalue weighted by Crippen LogP contribution is -2.37. The van der Waals surface area contributed by atoms with Crippen LogP contribution in [0.2, 0.25) is 0 Å². The predicted molar refractivity (Wildman–Crippen MR) is 127 cm³/mol. The molecule has 2 N–H and O–H groups in total. The molecule has 0 aliphatic carbocycles. The zero-order valence-corrected chi connectivity index (χ0v) is 22.5. The number of phosphoric acid groups is 1. The van der Waals surface area contributed by atoms with Crippen molar-refractivity contribution >= 4 is 37.6 Å². The lowest BCUT2D eigenvalue weighted by atomic mass is 10.0. The van der Waals surface area contributed by atoms with Crippen LogP contribution >= 0.6 is 19.4 Å². The fourth-order valence-corrected chi connectivity index (χ4v) is 4.17. The molecule has 0 aromatic carbocycles. The topological polar surface area (TPSA) is 186 Å². The molecule has 1 aliphatic heterocycles. The van der Waals surface area contributed by atoms with Crippen LogP contribution in [0.3, 0.4) is 0 Å². The van der Waals surface area contributed by atoms with Crippen LogP contribution in [0.15, 0.2) is 17.1 Å². The van der Waals surface area contributed by atoms with Crippen molar-refractivity contribution in [1.29, 1.82) is 0 Å². The lowest BCUT2D eigenvalue weighted by molar-refractivity contribution is -0.0946. The SMILES string of the molecule is CC(C)OC(=O)OCOP(=O)(OCOC(=O)OC(C)C)OC[C@]1(CCl)CC[C@H](n2ccc(N)nc2=O)O1. The summed E-state index contributed by atoms with van der Waals surface area (Å²) in [5.74, 6) is -0.0601. The number of anilines is 1. The first-order valence-electron chi connectivity index (χ1n) is 11.2. The number of alkyl halides is 1. The Balaban J connectivity index is 2.04. The molecule has 0 unspecified atom stereocenters. The molecule has 2 heterocycles. The summed E-state index contributed by atoms with van der Waals surface area (Å²) in [4.78, 5) is 39.0. The standard InChI is InChI=1S/C20H31ClN3O12P/c1-13(2)34-18(26)29-11-32-37(28,33-12-30-19(27)35-14(3)4)31-10-20(9-21)7-5-16(36-20)24-8-6-15(22)23-17(24)25/h6,8,13-14,16H,5,7,9-12H2,1-4H3,(H2,22,23,25)/t16-,20-/m1/s1. The fourth-order valence-electron chi connectivity index (χ4n) is 2.92. The van der Waals surface area contributed by atoms with Gasteiger partial charge in [-0.25, -0.2) is 28.0 Å². The van der Waals surface area contributed by atoms with Gasteiger partial charge in [-0.1, -0.05) is 0 Å². The Kier molecular flexibility index (Phi) is 11.6. The van der Waals surface area contributed by atoms with Crippen molar-refractivity contribution in [2.24, 2.45) is 0 Å². The highest BCUT2D eigenvalue weighted by Gasteiger charge is 2.44. The number of hydrogen-bond acceptors (Lipinski definition) is 14. The number of phosphoric ester groups is 1. The molecule has 2 atom stereocenters. The number of rotatable bonds is 13. The van der Waals surface area contributed by atoms with Crippen LogP contribution in [0.1, 0.15) is 46.8 Å². The Labute approximate surface area is 217 Å². The van der Waals surface area contributed by atoms with Crippen LogP contribution in [0.4, 0.5) is 15.4 Å². The van der Waals surface area contributed by atoms with E-state index in [0.717, 1.165) is 0 Å². The second kappa shape index (κ2) is 13.9. The molecular weight excluding hydrogens is 541 g/mol. The van der Waals surface area contributed by atoms with Gasteiger partial charge in [0.25, 0.3) is 0 Å². The molecule has 15 nitrogen and oxygen atoms in total. The molecule has 210 valence electrons. The number of nitrogen functional groups attached to an aromatic ring is 1. The van der Waals surface area contributed by atoms with Gasteiger partial charge in [-0.05, 0) is 46.6 Å². The maximum atomic E-state index is 13.2. The summed E-state index contributed by atoms with van der Waals surface area (Å²) in [6.45, 7) is 4.23. The van der Waals surface area contributed by atoms with Gasteiger partial charge in [0.2, 0.25) is 13.6 Å². The van der Waals surface area contributed by atoms with Crippen molar-refractivity contribution in [1.82, 2.24) is 9.55 Å². The zero-order chi connectivity index (χ0) is 27.6. The number of nitrogens with zero attached hydrogens (tertiary/aromatic N) is 2. The molecule has 37 heavy (non-hydrogen) atoms. The van der Waals surface area contributed by atoms with Gasteiger partial charge in [0.05, 0.1) is 24.7 Å². The summed E-state index contributed by atoms with van der Waals surface area (Å²) in [6.07, 6.45) is -1.76. The molecule has 0 saturated carbocycles. The molecule has 0 amide bonds. The Hall–Kier alpha value is -2.42. The van der Waals surface area contributed by atoms with Crippen LogP contribution in [0.25, 0.3) is 0 Å². The van der Waals surface area contributed by atoms with Crippen molar-refractivity contribution in [3.8, 4) is 0 Å². The van der Waals surface area contributed by atoms with Crippen LogP contribution in [-0.2, 0) is 41.8 Å². The average Bonchev–Trinajstić information content (AvgIpc) is 3.21. The first kappa shape index (κ1) is 30.8. The summed E-state index contributed by atoms with van der Waals surface area (Å²) in [7, 11) is -4.52. The Bertz CT molecular complexity index is 991. The normalized spacial score (nSPS) is 19.7. The number of halogens is 1. The Morgan fingerprint density at radius 1 is 1.16 bits per heavy atom. The third kappa shape index (κ3) is 10.1. The van der Waals surface area contributed by atoms with Crippen molar-refractivity contribution in [2.75, 3.05) is 31.8 Å². The summed E-state index contributed by atoms with van der Waals surface area (Å²) in [6, 6.07) is 1.44. The third-order valence-corrected chi connectivity index (χ3v) is 6.34. The van der Waals surface area contributed by atoms with Gasteiger partial charge in [-0.3, -0.25) is 9.09 Å². The maximum absolute atomic E-state index is 13.2. The Morgan fingerprint density at radius 2 is 1.73 bits per heavy atom. The third-order valence-electron chi connectivity index (χ3n) is 4.56. The quantitative estimate of drug-likeness (QED) is 0.157. The van der Waals surface area contributed by atoms with Gasteiger partial charge in [-0.15, -0.1) is 11.6 Å². The van der Waals surface area contributed by atoms with Crippen molar-refractivity contribution in [3.63, 3.8) is 0 Å². The molecular formula is C20H31ClN3O12P. The van der Waals surface area contributed by atoms with Gasteiger partial charge in [-0.2, -0.15) is 4.98 Å². The number of aromatic nitrogens is 2. The summed E-state index contributed by atoms with van der Waals surface area (Å²) < 4.78 is 54.7. The largest absolute Gasteiger partial charge is 0.510 e. The number of hydrogen-bond donors (Lipinski definition) is 1. The number of ether oxygens (including phenoxy) is 5. The van der Waals surface area contributed by atoms with Gasteiger partial charge in [0.1, 0.15) is 17.6 Å². The van der Waals surface area contributed by atoms with Crippen molar-refractivity contribution in [2.45, 2.75) is 64.6 Å². The highest BCUT2D eigenvalue weighted by Crippen LogP contribution is 2.51. The van der Waals surface area contributed by atoms with Crippen LogP contribution in [-0.4, -0.2) is 65.7 Å². The van der Waals surface area contributed by atoms with E-state index in [1.54, 1.807) is 27.7 Å². The van der Waals surface area contributed by atoms with Crippen LogP contribution in [0.5, 0.6) is 0 Å². The second-order valence-corrected chi connectivity index (χ2v) is 10.2. The molecule has 1 saturated heterocycles. The minimum Gasteiger partial charge on any atom is -0.432 e. The number of carbonyl (C=O) groups is 2. The van der Waals surface area contributed by atoms with E-state index in [-0.39, 0.29) is 11.7 Å². The van der Waals surface area contributed by atoms with Gasteiger partial charge in [0, 0.05) is 6.20 Å². The molecule has 1 fully saturated rings. The highest BCUT2D eigenvalue weighted by atomic mass is 35.5. The maximum Gasteiger partial charge on any atom is 0.510 e. The molecule has 0 bridgehead atoms. The molecule has 2 rings (SSSR count). The van der Waals surface area contributed by atoms with E-state index >= 15 is 0 Å². The van der Waals surface area contributed by atoms with E-state index in [1.165, 1.54) is 16.8 Å². The van der Waals surface area contributed by atoms with E-state index in [0.29, 0.717) is 12.8 Å². The number of carbonyl (C=O) groups excluding carboxylic acids is 2. The molecule has 1 aromatic heterocycles. The van der Waals surface area contributed by atoms with E-state index in [9.17, 15) is 18.9 Å². The first-order chi connectivity index (χ1) is 17.4. The predicted octanol–water partition coefficient (Wildman–Crippen LogP) is 3.31. The average molecular weight is 572 g/mol. The van der Waals surface area contributed by atoms with E-state index in [4.69, 9.17) is 45.1 Å². The molecule has 17 heteroatoms. The second-order valence-electron chi connectivity index (χ2n) is 8.31.